The summed E-state index contributed by atoms with van der Waals surface area (Å²) in [4.78, 5) is 17.2. The van der Waals surface area contributed by atoms with Gasteiger partial charge in [0.05, 0.1) is 11.9 Å². The molecule has 9 heteroatoms. The maximum Gasteiger partial charge on any atom is 0.224 e. The van der Waals surface area contributed by atoms with Gasteiger partial charge in [0.2, 0.25) is 5.91 Å². The smallest absolute Gasteiger partial charge is 0.224 e. The summed E-state index contributed by atoms with van der Waals surface area (Å²) in [5.74, 6) is 3.90. The highest BCUT2D eigenvalue weighted by molar-refractivity contribution is 5.94. The van der Waals surface area contributed by atoms with Gasteiger partial charge in [-0.3, -0.25) is 4.79 Å². The predicted octanol–water partition coefficient (Wildman–Crippen LogP) is 3.66. The van der Waals surface area contributed by atoms with Gasteiger partial charge in [-0.1, -0.05) is 13.0 Å². The number of hydrogen-bond acceptors (Lipinski definition) is 7. The largest absolute Gasteiger partial charge is 0.486 e. The molecule has 0 spiro atoms. The molecule has 0 atom stereocenters. The molecule has 2 aliphatic rings. The van der Waals surface area contributed by atoms with E-state index in [2.05, 4.69) is 28.0 Å². The maximum absolute atomic E-state index is 12.5. The number of rotatable bonds is 6. The van der Waals surface area contributed by atoms with E-state index in [4.69, 9.17) is 14.5 Å². The van der Waals surface area contributed by atoms with E-state index in [1.54, 1.807) is 10.7 Å². The van der Waals surface area contributed by atoms with E-state index < -0.39 is 0 Å². The summed E-state index contributed by atoms with van der Waals surface area (Å²) in [7, 11) is 1.82. The lowest BCUT2D eigenvalue weighted by atomic mass is 9.74. The van der Waals surface area contributed by atoms with E-state index in [-0.39, 0.29) is 5.91 Å². The molecule has 5 rings (SSSR count). The fraction of sp³-hybridized carbons (Fsp3) is 0.409. The zero-order valence-electron chi connectivity index (χ0n) is 17.6. The SMILES string of the molecule is CNc1cc(Nc2cccc3c2OCCO3)nc2c(NC(=O)CC3CC(C)C3)cnn12. The molecule has 0 radical (unpaired) electrons. The first-order chi connectivity index (χ1) is 15.1. The van der Waals surface area contributed by atoms with Crippen molar-refractivity contribution in [2.45, 2.75) is 26.2 Å². The average molecular weight is 422 g/mol. The number of ether oxygens (including phenoxy) is 2. The van der Waals surface area contributed by atoms with Gasteiger partial charge >= 0.3 is 0 Å². The van der Waals surface area contributed by atoms with Crippen LogP contribution < -0.4 is 25.4 Å². The Labute approximate surface area is 180 Å². The zero-order valence-corrected chi connectivity index (χ0v) is 17.6. The van der Waals surface area contributed by atoms with Crippen molar-refractivity contribution in [1.29, 1.82) is 0 Å². The number of para-hydroxylation sites is 1. The lowest BCUT2D eigenvalue weighted by Crippen LogP contribution is -2.26. The number of nitrogens with zero attached hydrogens (tertiary/aromatic N) is 3. The van der Waals surface area contributed by atoms with Crippen LogP contribution in [0.5, 0.6) is 11.5 Å². The highest BCUT2D eigenvalue weighted by Crippen LogP contribution is 2.39. The number of hydrogen-bond donors (Lipinski definition) is 3. The Kier molecular flexibility index (Phi) is 5.01. The Hall–Kier alpha value is -3.49. The van der Waals surface area contributed by atoms with E-state index in [1.807, 2.05) is 31.3 Å². The van der Waals surface area contributed by atoms with Crippen LogP contribution in [0.1, 0.15) is 26.2 Å². The summed E-state index contributed by atoms with van der Waals surface area (Å²) in [6, 6.07) is 7.55. The molecule has 31 heavy (non-hydrogen) atoms. The van der Waals surface area contributed by atoms with Crippen molar-refractivity contribution < 1.29 is 14.3 Å². The second-order valence-corrected chi connectivity index (χ2v) is 8.22. The molecule has 0 bridgehead atoms. The summed E-state index contributed by atoms with van der Waals surface area (Å²) < 4.78 is 13.1. The predicted molar refractivity (Wildman–Crippen MR) is 118 cm³/mol. The van der Waals surface area contributed by atoms with Crippen LogP contribution in [0.15, 0.2) is 30.5 Å². The summed E-state index contributed by atoms with van der Waals surface area (Å²) >= 11 is 0. The Morgan fingerprint density at radius 3 is 2.87 bits per heavy atom. The van der Waals surface area contributed by atoms with E-state index in [9.17, 15) is 4.79 Å². The minimum Gasteiger partial charge on any atom is -0.486 e. The highest BCUT2D eigenvalue weighted by atomic mass is 16.6. The van der Waals surface area contributed by atoms with Crippen molar-refractivity contribution in [2.24, 2.45) is 11.8 Å². The number of amides is 1. The molecule has 3 aromatic rings. The number of anilines is 4. The molecule has 9 nitrogen and oxygen atoms in total. The fourth-order valence-corrected chi connectivity index (χ4v) is 4.30. The number of aromatic nitrogens is 3. The van der Waals surface area contributed by atoms with E-state index in [0.717, 1.165) is 30.3 Å². The molecule has 3 N–H and O–H groups in total. The van der Waals surface area contributed by atoms with Gasteiger partial charge in [-0.25, -0.2) is 4.98 Å². The van der Waals surface area contributed by atoms with E-state index in [1.165, 1.54) is 0 Å². The van der Waals surface area contributed by atoms with Crippen molar-refractivity contribution in [3.05, 3.63) is 30.5 Å². The van der Waals surface area contributed by atoms with Gasteiger partial charge in [0.15, 0.2) is 17.1 Å². The van der Waals surface area contributed by atoms with Crippen molar-refractivity contribution in [2.75, 3.05) is 36.2 Å². The number of carbonyl (C=O) groups excluding carboxylic acids is 1. The quantitative estimate of drug-likeness (QED) is 0.557. The van der Waals surface area contributed by atoms with Crippen LogP contribution in [0.4, 0.5) is 23.0 Å². The number of carbonyl (C=O) groups is 1. The molecular weight excluding hydrogens is 396 g/mol. The van der Waals surface area contributed by atoms with E-state index in [0.29, 0.717) is 54.2 Å². The van der Waals surface area contributed by atoms with Crippen LogP contribution in [0, 0.1) is 11.8 Å². The minimum atomic E-state index is 0.000600. The second kappa shape index (κ2) is 7.98. The molecule has 0 saturated heterocycles. The molecule has 1 aliphatic carbocycles. The van der Waals surface area contributed by atoms with Gasteiger partial charge in [-0.2, -0.15) is 9.61 Å². The molecule has 162 valence electrons. The Bertz CT molecular complexity index is 1120. The van der Waals surface area contributed by atoms with Crippen LogP contribution in [0.2, 0.25) is 0 Å². The average Bonchev–Trinajstić information content (AvgIpc) is 3.15. The Morgan fingerprint density at radius 1 is 1.23 bits per heavy atom. The number of fused-ring (bicyclic) bond motifs is 2. The lowest BCUT2D eigenvalue weighted by Gasteiger charge is -2.31. The highest BCUT2D eigenvalue weighted by Gasteiger charge is 2.27. The first-order valence-corrected chi connectivity index (χ1v) is 10.6. The van der Waals surface area contributed by atoms with Gasteiger partial charge in [0.25, 0.3) is 0 Å². The molecule has 1 amide bonds. The van der Waals surface area contributed by atoms with Crippen LogP contribution >= 0.6 is 0 Å². The monoisotopic (exact) mass is 422 g/mol. The first-order valence-electron chi connectivity index (χ1n) is 10.6. The van der Waals surface area contributed by atoms with Crippen molar-refractivity contribution in [1.82, 2.24) is 14.6 Å². The summed E-state index contributed by atoms with van der Waals surface area (Å²) in [5.41, 5.74) is 1.92. The van der Waals surface area contributed by atoms with Crippen LogP contribution in [0.25, 0.3) is 5.65 Å². The van der Waals surface area contributed by atoms with Crippen LogP contribution in [-0.4, -0.2) is 40.8 Å². The summed E-state index contributed by atoms with van der Waals surface area (Å²) in [6.07, 6.45) is 4.40. The van der Waals surface area contributed by atoms with Crippen LogP contribution in [0.3, 0.4) is 0 Å². The van der Waals surface area contributed by atoms with Crippen molar-refractivity contribution >= 4 is 34.6 Å². The van der Waals surface area contributed by atoms with Gasteiger partial charge in [0, 0.05) is 19.5 Å². The number of benzene rings is 1. The third kappa shape index (κ3) is 3.83. The normalized spacial score (nSPS) is 19.5. The molecule has 1 fully saturated rings. The standard InChI is InChI=1S/C22H26N6O3/c1-13-8-14(9-13)10-20(29)26-16-12-24-28-19(23-2)11-18(27-22(16)28)25-15-4-3-5-17-21(15)31-7-6-30-17/h3-5,11-14,23H,6-10H2,1-2H3,(H,25,27)(H,26,29). The molecular formula is C22H26N6O3. The molecule has 3 heterocycles. The topological polar surface area (TPSA) is 102 Å². The molecule has 0 unspecified atom stereocenters. The molecule has 1 aliphatic heterocycles. The van der Waals surface area contributed by atoms with Crippen molar-refractivity contribution in [3.8, 4) is 11.5 Å². The van der Waals surface area contributed by atoms with Gasteiger partial charge in [-0.15, -0.1) is 0 Å². The zero-order chi connectivity index (χ0) is 21.4. The Balaban J connectivity index is 1.42. The first kappa shape index (κ1) is 19.5. The van der Waals surface area contributed by atoms with Crippen molar-refractivity contribution in [3.63, 3.8) is 0 Å². The van der Waals surface area contributed by atoms with E-state index >= 15 is 0 Å². The third-order valence-corrected chi connectivity index (χ3v) is 5.78. The maximum atomic E-state index is 12.5. The van der Waals surface area contributed by atoms with Gasteiger partial charge in [-0.05, 0) is 36.8 Å². The summed E-state index contributed by atoms with van der Waals surface area (Å²) in [5, 5.41) is 13.8. The molecule has 2 aromatic heterocycles. The summed E-state index contributed by atoms with van der Waals surface area (Å²) in [6.45, 7) is 3.25. The minimum absolute atomic E-state index is 0.000600. The number of nitrogens with one attached hydrogen (secondary N) is 3. The fourth-order valence-electron chi connectivity index (χ4n) is 4.30. The molecule has 1 saturated carbocycles. The molecule has 1 aromatic carbocycles. The Morgan fingerprint density at radius 2 is 2.06 bits per heavy atom. The third-order valence-electron chi connectivity index (χ3n) is 5.78. The van der Waals surface area contributed by atoms with Gasteiger partial charge in [0.1, 0.15) is 30.5 Å². The lowest BCUT2D eigenvalue weighted by molar-refractivity contribution is -0.117. The van der Waals surface area contributed by atoms with Gasteiger partial charge < -0.3 is 25.4 Å². The van der Waals surface area contributed by atoms with Crippen LogP contribution in [-0.2, 0) is 4.79 Å². The second-order valence-electron chi connectivity index (χ2n) is 8.22.